The molecule has 0 amide bonds. The van der Waals surface area contributed by atoms with Crippen LogP contribution >= 0.6 is 0 Å². The third kappa shape index (κ3) is 1.91. The van der Waals surface area contributed by atoms with Gasteiger partial charge in [0, 0.05) is 38.6 Å². The van der Waals surface area contributed by atoms with E-state index in [2.05, 4.69) is 57.8 Å². The van der Waals surface area contributed by atoms with Crippen LogP contribution in [-0.4, -0.2) is 35.6 Å². The second-order valence-corrected chi connectivity index (χ2v) is 4.46. The summed E-state index contributed by atoms with van der Waals surface area (Å²) >= 11 is 0. The molecule has 84 valence electrons. The summed E-state index contributed by atoms with van der Waals surface area (Å²) in [6.45, 7) is 4.44. The standard InChI is InChI=1S/C13H17N3/c1-2-4-12(5-3-1)10-15-8-9-16-7-6-14-13(16)11-15/h1-7,13-14H,8-11H2. The molecule has 3 nitrogen and oxygen atoms in total. The van der Waals surface area contributed by atoms with Crippen molar-refractivity contribution in [3.8, 4) is 0 Å². The Kier molecular flexibility index (Phi) is 2.54. The second-order valence-electron chi connectivity index (χ2n) is 4.46. The first-order chi connectivity index (χ1) is 7.92. The molecule has 0 aliphatic carbocycles. The maximum atomic E-state index is 3.38. The van der Waals surface area contributed by atoms with Gasteiger partial charge in [0.05, 0.1) is 0 Å². The van der Waals surface area contributed by atoms with E-state index in [1.54, 1.807) is 0 Å². The predicted octanol–water partition coefficient (Wildman–Crippen LogP) is 1.20. The Morgan fingerprint density at radius 3 is 2.94 bits per heavy atom. The zero-order valence-electron chi connectivity index (χ0n) is 9.34. The molecule has 0 spiro atoms. The highest BCUT2D eigenvalue weighted by molar-refractivity contribution is 5.14. The van der Waals surface area contributed by atoms with E-state index in [1.807, 2.05) is 0 Å². The Morgan fingerprint density at radius 2 is 2.06 bits per heavy atom. The van der Waals surface area contributed by atoms with Gasteiger partial charge in [-0.15, -0.1) is 0 Å². The minimum atomic E-state index is 0.484. The number of rotatable bonds is 2. The Hall–Kier alpha value is -1.48. The first-order valence-electron chi connectivity index (χ1n) is 5.86. The molecule has 1 N–H and O–H groups in total. The highest BCUT2D eigenvalue weighted by Gasteiger charge is 2.26. The highest BCUT2D eigenvalue weighted by atomic mass is 15.4. The molecule has 2 heterocycles. The number of hydrogen-bond acceptors (Lipinski definition) is 3. The fourth-order valence-corrected chi connectivity index (χ4v) is 2.42. The Bertz CT molecular complexity index is 374. The lowest BCUT2D eigenvalue weighted by Gasteiger charge is -2.37. The van der Waals surface area contributed by atoms with Crippen LogP contribution in [0.1, 0.15) is 5.56 Å². The Labute approximate surface area is 96.4 Å². The van der Waals surface area contributed by atoms with E-state index in [4.69, 9.17) is 0 Å². The van der Waals surface area contributed by atoms with Crippen LogP contribution < -0.4 is 5.32 Å². The average Bonchev–Trinajstić information content (AvgIpc) is 2.77. The fourth-order valence-electron chi connectivity index (χ4n) is 2.42. The third-order valence-electron chi connectivity index (χ3n) is 3.31. The van der Waals surface area contributed by atoms with Gasteiger partial charge in [-0.25, -0.2) is 0 Å². The maximum absolute atomic E-state index is 3.38. The predicted molar refractivity (Wildman–Crippen MR) is 64.5 cm³/mol. The van der Waals surface area contributed by atoms with Crippen LogP contribution in [0.15, 0.2) is 42.7 Å². The summed E-state index contributed by atoms with van der Waals surface area (Å²) in [6, 6.07) is 10.7. The van der Waals surface area contributed by atoms with Gasteiger partial charge in [0.1, 0.15) is 6.17 Å². The van der Waals surface area contributed by atoms with Gasteiger partial charge < -0.3 is 10.2 Å². The van der Waals surface area contributed by atoms with Crippen LogP contribution in [0, 0.1) is 0 Å². The summed E-state index contributed by atoms with van der Waals surface area (Å²) < 4.78 is 0. The lowest BCUT2D eigenvalue weighted by Crippen LogP contribution is -2.52. The Morgan fingerprint density at radius 1 is 1.19 bits per heavy atom. The van der Waals surface area contributed by atoms with Gasteiger partial charge in [0.15, 0.2) is 0 Å². The summed E-state index contributed by atoms with van der Waals surface area (Å²) in [4.78, 5) is 4.89. The summed E-state index contributed by atoms with van der Waals surface area (Å²) in [5, 5.41) is 3.38. The zero-order valence-corrected chi connectivity index (χ0v) is 9.34. The molecule has 16 heavy (non-hydrogen) atoms. The number of nitrogens with zero attached hydrogens (tertiary/aromatic N) is 2. The van der Waals surface area contributed by atoms with Crippen molar-refractivity contribution in [2.24, 2.45) is 0 Å². The second kappa shape index (κ2) is 4.18. The first-order valence-corrected chi connectivity index (χ1v) is 5.86. The van der Waals surface area contributed by atoms with E-state index >= 15 is 0 Å². The largest absolute Gasteiger partial charge is 0.369 e. The van der Waals surface area contributed by atoms with Gasteiger partial charge in [-0.2, -0.15) is 0 Å². The molecule has 1 aromatic carbocycles. The normalized spacial score (nSPS) is 24.2. The van der Waals surface area contributed by atoms with Crippen molar-refractivity contribution in [1.82, 2.24) is 15.1 Å². The number of fused-ring (bicyclic) bond motifs is 1. The molecule has 0 bridgehead atoms. The molecule has 1 saturated heterocycles. The SMILES string of the molecule is C1=CN2CCN(Cc3ccccc3)CC2N1. The van der Waals surface area contributed by atoms with Gasteiger partial charge in [0.2, 0.25) is 0 Å². The molecule has 2 aliphatic heterocycles. The van der Waals surface area contributed by atoms with Crippen molar-refractivity contribution in [2.75, 3.05) is 19.6 Å². The topological polar surface area (TPSA) is 18.5 Å². The molecule has 1 aromatic rings. The molecule has 1 unspecified atom stereocenters. The van der Waals surface area contributed by atoms with Crippen LogP contribution in [0.5, 0.6) is 0 Å². The van der Waals surface area contributed by atoms with E-state index < -0.39 is 0 Å². The van der Waals surface area contributed by atoms with Crippen molar-refractivity contribution in [3.63, 3.8) is 0 Å². The zero-order chi connectivity index (χ0) is 10.8. The average molecular weight is 215 g/mol. The van der Waals surface area contributed by atoms with Crippen LogP contribution in [-0.2, 0) is 6.54 Å². The molecule has 2 aliphatic rings. The van der Waals surface area contributed by atoms with Crippen molar-refractivity contribution in [2.45, 2.75) is 12.7 Å². The van der Waals surface area contributed by atoms with Crippen LogP contribution in [0.3, 0.4) is 0 Å². The van der Waals surface area contributed by atoms with Crippen LogP contribution in [0.4, 0.5) is 0 Å². The summed E-state index contributed by atoms with van der Waals surface area (Å²) in [6.07, 6.45) is 4.69. The molecule has 1 atom stereocenters. The molecule has 0 aromatic heterocycles. The maximum Gasteiger partial charge on any atom is 0.111 e. The smallest absolute Gasteiger partial charge is 0.111 e. The molecule has 3 rings (SSSR count). The highest BCUT2D eigenvalue weighted by Crippen LogP contribution is 2.14. The van der Waals surface area contributed by atoms with E-state index in [0.29, 0.717) is 6.17 Å². The van der Waals surface area contributed by atoms with Gasteiger partial charge in [-0.3, -0.25) is 4.90 Å². The van der Waals surface area contributed by atoms with Gasteiger partial charge >= 0.3 is 0 Å². The number of benzene rings is 1. The first kappa shape index (κ1) is 9.73. The van der Waals surface area contributed by atoms with Crippen molar-refractivity contribution in [3.05, 3.63) is 48.3 Å². The lowest BCUT2D eigenvalue weighted by atomic mass is 10.2. The van der Waals surface area contributed by atoms with E-state index in [-0.39, 0.29) is 0 Å². The van der Waals surface area contributed by atoms with Crippen LogP contribution in [0.2, 0.25) is 0 Å². The van der Waals surface area contributed by atoms with Gasteiger partial charge in [0.25, 0.3) is 0 Å². The minimum absolute atomic E-state index is 0.484. The van der Waals surface area contributed by atoms with Gasteiger partial charge in [-0.05, 0) is 5.56 Å². The van der Waals surface area contributed by atoms with Crippen molar-refractivity contribution >= 4 is 0 Å². The van der Waals surface area contributed by atoms with E-state index in [0.717, 1.165) is 26.2 Å². The summed E-state index contributed by atoms with van der Waals surface area (Å²) in [5.74, 6) is 0. The molecular weight excluding hydrogens is 198 g/mol. The molecule has 3 heteroatoms. The monoisotopic (exact) mass is 215 g/mol. The lowest BCUT2D eigenvalue weighted by molar-refractivity contribution is 0.107. The summed E-state index contributed by atoms with van der Waals surface area (Å²) in [7, 11) is 0. The Balaban J connectivity index is 1.61. The van der Waals surface area contributed by atoms with E-state index in [1.165, 1.54) is 5.56 Å². The number of hydrogen-bond donors (Lipinski definition) is 1. The minimum Gasteiger partial charge on any atom is -0.369 e. The van der Waals surface area contributed by atoms with Crippen LogP contribution in [0.25, 0.3) is 0 Å². The molecule has 0 saturated carbocycles. The quantitative estimate of drug-likeness (QED) is 0.800. The summed E-state index contributed by atoms with van der Waals surface area (Å²) in [5.41, 5.74) is 1.40. The molecule has 0 radical (unpaired) electrons. The fraction of sp³-hybridized carbons (Fsp3) is 0.385. The van der Waals surface area contributed by atoms with Crippen molar-refractivity contribution < 1.29 is 0 Å². The molecular formula is C13H17N3. The van der Waals surface area contributed by atoms with Crippen molar-refractivity contribution in [1.29, 1.82) is 0 Å². The molecule has 1 fully saturated rings. The number of nitrogens with one attached hydrogen (secondary N) is 1. The van der Waals surface area contributed by atoms with Gasteiger partial charge in [-0.1, -0.05) is 30.3 Å². The number of piperazine rings is 1. The van der Waals surface area contributed by atoms with E-state index in [9.17, 15) is 0 Å². The third-order valence-corrected chi connectivity index (χ3v) is 3.31.